The van der Waals surface area contributed by atoms with Crippen LogP contribution in [0.15, 0.2) is 21.9 Å². The van der Waals surface area contributed by atoms with Crippen LogP contribution < -0.4 is 16.7 Å². The number of aromatic nitrogens is 2. The second-order valence-corrected chi connectivity index (χ2v) is 9.05. The Morgan fingerprint density at radius 3 is 2.64 bits per heavy atom. The van der Waals surface area contributed by atoms with Crippen LogP contribution in [0.4, 0.5) is 18.0 Å². The Hall–Kier alpha value is -3.33. The van der Waals surface area contributed by atoms with E-state index in [2.05, 4.69) is 0 Å². The van der Waals surface area contributed by atoms with Crippen molar-refractivity contribution in [3.63, 3.8) is 0 Å². The number of carboxylic acid groups (broad SMARTS) is 1. The minimum Gasteiger partial charge on any atom is -0.501 e. The number of carbonyl (C=O) groups excluding carboxylic acids is 1. The Bertz CT molecular complexity index is 1280. The molecule has 2 amide bonds. The van der Waals surface area contributed by atoms with Gasteiger partial charge in [0.05, 0.1) is 37.4 Å². The molecule has 1 aliphatic heterocycles. The number of ether oxygens (including phenoxy) is 2. The zero-order valence-corrected chi connectivity index (χ0v) is 20.3. The number of halogens is 3. The first kappa shape index (κ1) is 27.3. The van der Waals surface area contributed by atoms with Gasteiger partial charge < -0.3 is 14.6 Å². The van der Waals surface area contributed by atoms with Crippen molar-refractivity contribution < 1.29 is 37.3 Å². The quantitative estimate of drug-likeness (QED) is 0.302. The number of fused-ring (bicyclic) bond motifs is 1. The van der Waals surface area contributed by atoms with Gasteiger partial charge in [0.1, 0.15) is 11.4 Å². The third-order valence-electron chi connectivity index (χ3n) is 5.41. The Morgan fingerprint density at radius 1 is 1.33 bits per heavy atom. The second-order valence-electron chi connectivity index (χ2n) is 7.96. The van der Waals surface area contributed by atoms with Crippen LogP contribution in [0.5, 0.6) is 0 Å². The highest BCUT2D eigenvalue weighted by Gasteiger charge is 2.32. The largest absolute Gasteiger partial charge is 0.501 e. The molecule has 2 aromatic rings. The molecule has 0 aromatic carbocycles. The van der Waals surface area contributed by atoms with Gasteiger partial charge >= 0.3 is 18.0 Å². The lowest BCUT2D eigenvalue weighted by Gasteiger charge is -2.19. The van der Waals surface area contributed by atoms with Gasteiger partial charge in [0.15, 0.2) is 0 Å². The molecule has 1 saturated heterocycles. The van der Waals surface area contributed by atoms with Crippen molar-refractivity contribution in [2.24, 2.45) is 0 Å². The van der Waals surface area contributed by atoms with E-state index in [9.17, 15) is 32.3 Å². The maximum atomic E-state index is 13.2. The summed E-state index contributed by atoms with van der Waals surface area (Å²) in [6.07, 6.45) is -3.35. The minimum atomic E-state index is -4.81. The van der Waals surface area contributed by atoms with Crippen LogP contribution in [0, 0.1) is 6.92 Å². The third kappa shape index (κ3) is 6.26. The fraction of sp³-hybridized carbons (Fsp3) is 0.524. The van der Waals surface area contributed by atoms with Crippen LogP contribution in [0.25, 0.3) is 10.2 Å². The topological polar surface area (TPSA) is 132 Å². The van der Waals surface area contributed by atoms with Crippen LogP contribution >= 0.6 is 11.3 Å². The van der Waals surface area contributed by atoms with Crippen molar-refractivity contribution in [3.05, 3.63) is 43.6 Å². The summed E-state index contributed by atoms with van der Waals surface area (Å²) in [5.41, 5.74) is -0.0553. The Kier molecular flexibility index (Phi) is 8.45. The fourth-order valence-electron chi connectivity index (χ4n) is 3.79. The maximum Gasteiger partial charge on any atom is 0.423 e. The average Bonchev–Trinajstić information content (AvgIpc) is 3.41. The number of alkyl halides is 3. The first-order valence-corrected chi connectivity index (χ1v) is 11.8. The molecule has 3 rings (SSSR count). The monoisotopic (exact) mass is 534 g/mol. The average molecular weight is 535 g/mol. The Labute approximate surface area is 206 Å². The van der Waals surface area contributed by atoms with Crippen molar-refractivity contribution in [1.82, 2.24) is 19.6 Å². The molecule has 11 nitrogen and oxygen atoms in total. The Balaban J connectivity index is 2.13. The van der Waals surface area contributed by atoms with E-state index in [-0.39, 0.29) is 40.0 Å². The highest BCUT2D eigenvalue weighted by atomic mass is 32.1. The molecule has 1 aliphatic rings. The molecule has 0 bridgehead atoms. The van der Waals surface area contributed by atoms with Crippen LogP contribution in [-0.2, 0) is 33.9 Å². The van der Waals surface area contributed by atoms with Crippen molar-refractivity contribution in [2.45, 2.75) is 58.6 Å². The van der Waals surface area contributed by atoms with E-state index in [1.165, 1.54) is 6.92 Å². The van der Waals surface area contributed by atoms with Crippen LogP contribution in [0.2, 0.25) is 0 Å². The molecular formula is C21H25F3N4O7S. The SMILES string of the molecule is CCOC=CC(=O)N(Cc1sc2c(c1C)c(=O)n(CC(F)(F)F)c(=O)n2CC1CCCO1)NC(=O)O. The number of nitrogens with one attached hydrogen (secondary N) is 1. The summed E-state index contributed by atoms with van der Waals surface area (Å²) in [7, 11) is 0. The summed E-state index contributed by atoms with van der Waals surface area (Å²) in [6.45, 7) is 1.71. The molecule has 2 aromatic heterocycles. The smallest absolute Gasteiger partial charge is 0.423 e. The third-order valence-corrected chi connectivity index (χ3v) is 6.71. The number of hydrogen-bond donors (Lipinski definition) is 2. The number of nitrogens with zero attached hydrogens (tertiary/aromatic N) is 3. The second kappa shape index (κ2) is 11.2. The van der Waals surface area contributed by atoms with Crippen molar-refractivity contribution in [1.29, 1.82) is 0 Å². The number of hydrogen-bond acceptors (Lipinski definition) is 7. The molecule has 0 spiro atoms. The zero-order chi connectivity index (χ0) is 26.6. The molecule has 1 fully saturated rings. The van der Waals surface area contributed by atoms with Gasteiger partial charge in [-0.2, -0.15) is 13.2 Å². The van der Waals surface area contributed by atoms with E-state index in [1.807, 2.05) is 5.43 Å². The van der Waals surface area contributed by atoms with E-state index >= 15 is 0 Å². The van der Waals surface area contributed by atoms with Crippen molar-refractivity contribution in [2.75, 3.05) is 13.2 Å². The lowest BCUT2D eigenvalue weighted by atomic mass is 10.2. The standard InChI is InChI=1S/C21H25F3N4O7S/c1-3-34-8-6-15(29)28(25-19(31)32)10-14-12(2)16-17(30)27(11-21(22,23)24)20(33)26(18(16)36-14)9-13-5-4-7-35-13/h6,8,13,25H,3-5,7,9-11H2,1-2H3,(H,31,32). The number of hydrazine groups is 1. The molecule has 198 valence electrons. The van der Waals surface area contributed by atoms with Crippen LogP contribution in [-0.4, -0.2) is 56.7 Å². The number of rotatable bonds is 8. The van der Waals surface area contributed by atoms with E-state index in [1.54, 1.807) is 6.92 Å². The summed E-state index contributed by atoms with van der Waals surface area (Å²) in [5.74, 6) is -0.783. The molecule has 1 atom stereocenters. The summed E-state index contributed by atoms with van der Waals surface area (Å²) in [5, 5.41) is 9.78. The van der Waals surface area contributed by atoms with E-state index in [4.69, 9.17) is 14.6 Å². The van der Waals surface area contributed by atoms with Gasteiger partial charge in [-0.15, -0.1) is 11.3 Å². The van der Waals surface area contributed by atoms with Gasteiger partial charge in [-0.3, -0.25) is 18.7 Å². The summed E-state index contributed by atoms with van der Waals surface area (Å²) in [6, 6.07) is 0. The molecule has 0 saturated carbocycles. The normalized spacial score (nSPS) is 16.1. The van der Waals surface area contributed by atoms with Gasteiger partial charge in [-0.25, -0.2) is 20.0 Å². The molecule has 1 unspecified atom stereocenters. The first-order chi connectivity index (χ1) is 16.9. The van der Waals surface area contributed by atoms with E-state index in [0.717, 1.165) is 39.7 Å². The van der Waals surface area contributed by atoms with Crippen molar-refractivity contribution in [3.8, 4) is 0 Å². The molecule has 3 heterocycles. The predicted molar refractivity (Wildman–Crippen MR) is 123 cm³/mol. The van der Waals surface area contributed by atoms with Gasteiger partial charge in [-0.05, 0) is 32.3 Å². The highest BCUT2D eigenvalue weighted by Crippen LogP contribution is 2.30. The highest BCUT2D eigenvalue weighted by molar-refractivity contribution is 7.18. The van der Waals surface area contributed by atoms with Gasteiger partial charge in [0.2, 0.25) is 0 Å². The molecule has 15 heteroatoms. The first-order valence-electron chi connectivity index (χ1n) is 11.0. The molecular weight excluding hydrogens is 509 g/mol. The zero-order valence-electron chi connectivity index (χ0n) is 19.5. The molecule has 0 radical (unpaired) electrons. The van der Waals surface area contributed by atoms with E-state index in [0.29, 0.717) is 17.9 Å². The predicted octanol–water partition coefficient (Wildman–Crippen LogP) is 2.34. The number of amides is 2. The lowest BCUT2D eigenvalue weighted by molar-refractivity contribution is -0.142. The van der Waals surface area contributed by atoms with Crippen LogP contribution in [0.3, 0.4) is 0 Å². The van der Waals surface area contributed by atoms with Gasteiger partial charge in [0, 0.05) is 17.6 Å². The fourth-order valence-corrected chi connectivity index (χ4v) is 5.07. The number of thiophene rings is 1. The molecule has 36 heavy (non-hydrogen) atoms. The minimum absolute atomic E-state index is 0.0556. The number of carbonyl (C=O) groups is 2. The Morgan fingerprint density at radius 2 is 2.06 bits per heavy atom. The maximum absolute atomic E-state index is 13.2. The van der Waals surface area contributed by atoms with Crippen molar-refractivity contribution >= 4 is 33.6 Å². The van der Waals surface area contributed by atoms with E-state index < -0.39 is 42.1 Å². The summed E-state index contributed by atoms with van der Waals surface area (Å²) < 4.78 is 51.3. The number of aryl methyl sites for hydroxylation is 1. The van der Waals surface area contributed by atoms with Gasteiger partial charge in [0.25, 0.3) is 11.5 Å². The van der Waals surface area contributed by atoms with Crippen LogP contribution in [0.1, 0.15) is 30.2 Å². The molecule has 2 N–H and O–H groups in total. The summed E-state index contributed by atoms with van der Waals surface area (Å²) in [4.78, 5) is 50.2. The van der Waals surface area contributed by atoms with Gasteiger partial charge in [-0.1, -0.05) is 0 Å². The molecule has 0 aliphatic carbocycles. The lowest BCUT2D eigenvalue weighted by Crippen LogP contribution is -2.44. The summed E-state index contributed by atoms with van der Waals surface area (Å²) >= 11 is 0.921.